The average molecular weight is 582 g/mol. The maximum atomic E-state index is 14.0. The standard InChI is InChI=1S/C31H39N3O6S/c1-7-23(3)32-31(36)24(4)33(20-25-10-14-27(39-5)15-11-25)30(35)21-34(26-12-8-22(2)9-13-26)41(37,38)29-18-16-28(40-6)17-19-29/h8-19,23-24H,7,20-21H2,1-6H3,(H,32,36)/t23-,24-/m1/s1. The Morgan fingerprint density at radius 3 is 1.90 bits per heavy atom. The predicted octanol–water partition coefficient (Wildman–Crippen LogP) is 4.54. The number of aryl methyl sites for hydroxylation is 1. The number of carbonyl (C=O) groups excluding carboxylic acids is 2. The summed E-state index contributed by atoms with van der Waals surface area (Å²) in [7, 11) is -1.10. The van der Waals surface area contributed by atoms with Gasteiger partial charge in [0.1, 0.15) is 24.1 Å². The van der Waals surface area contributed by atoms with Crippen LogP contribution in [0.3, 0.4) is 0 Å². The molecular weight excluding hydrogens is 542 g/mol. The molecule has 3 aromatic carbocycles. The van der Waals surface area contributed by atoms with Gasteiger partial charge in [-0.2, -0.15) is 0 Å². The minimum atomic E-state index is -4.16. The lowest BCUT2D eigenvalue weighted by Crippen LogP contribution is -2.52. The molecule has 220 valence electrons. The zero-order valence-electron chi connectivity index (χ0n) is 24.5. The van der Waals surface area contributed by atoms with Gasteiger partial charge in [-0.1, -0.05) is 36.8 Å². The van der Waals surface area contributed by atoms with Crippen molar-refractivity contribution in [3.63, 3.8) is 0 Å². The van der Waals surface area contributed by atoms with Crippen molar-refractivity contribution in [1.82, 2.24) is 10.2 Å². The Morgan fingerprint density at radius 2 is 1.39 bits per heavy atom. The SMILES string of the molecule is CC[C@@H](C)NC(=O)[C@@H](C)N(Cc1ccc(OC)cc1)C(=O)CN(c1ccc(C)cc1)S(=O)(=O)c1ccc(OC)cc1. The molecule has 3 rings (SSSR count). The molecule has 41 heavy (non-hydrogen) atoms. The summed E-state index contributed by atoms with van der Waals surface area (Å²) in [6, 6.07) is 19.1. The van der Waals surface area contributed by atoms with E-state index in [9.17, 15) is 18.0 Å². The molecule has 0 saturated heterocycles. The highest BCUT2D eigenvalue weighted by atomic mass is 32.2. The lowest BCUT2D eigenvalue weighted by molar-refractivity contribution is -0.139. The van der Waals surface area contributed by atoms with E-state index in [1.807, 2.05) is 32.9 Å². The van der Waals surface area contributed by atoms with Crippen molar-refractivity contribution in [3.8, 4) is 11.5 Å². The summed E-state index contributed by atoms with van der Waals surface area (Å²) in [4.78, 5) is 28.6. The van der Waals surface area contributed by atoms with E-state index < -0.39 is 28.5 Å². The average Bonchev–Trinajstić information content (AvgIpc) is 2.98. The summed E-state index contributed by atoms with van der Waals surface area (Å²) in [6.07, 6.45) is 0.728. The number of nitrogens with zero attached hydrogens (tertiary/aromatic N) is 2. The van der Waals surface area contributed by atoms with Crippen LogP contribution in [-0.2, 0) is 26.2 Å². The van der Waals surface area contributed by atoms with Crippen LogP contribution in [0.1, 0.15) is 38.3 Å². The number of rotatable bonds is 13. The number of sulfonamides is 1. The first-order chi connectivity index (χ1) is 19.5. The molecule has 0 bridgehead atoms. The molecule has 0 aliphatic carbocycles. The van der Waals surface area contributed by atoms with E-state index in [-0.39, 0.29) is 23.4 Å². The fourth-order valence-electron chi connectivity index (χ4n) is 4.09. The monoisotopic (exact) mass is 581 g/mol. The molecule has 3 aromatic rings. The Kier molecular flexibility index (Phi) is 10.8. The van der Waals surface area contributed by atoms with Crippen LogP contribution in [0.4, 0.5) is 5.69 Å². The third-order valence-electron chi connectivity index (χ3n) is 6.93. The summed E-state index contributed by atoms with van der Waals surface area (Å²) < 4.78 is 39.3. The molecular formula is C31H39N3O6S. The third kappa shape index (κ3) is 8.00. The first-order valence-corrected chi connectivity index (χ1v) is 14.9. The van der Waals surface area contributed by atoms with Crippen LogP contribution in [0.25, 0.3) is 0 Å². The van der Waals surface area contributed by atoms with Crippen molar-refractivity contribution < 1.29 is 27.5 Å². The van der Waals surface area contributed by atoms with Gasteiger partial charge in [-0.15, -0.1) is 0 Å². The number of amides is 2. The molecule has 1 N–H and O–H groups in total. The lowest BCUT2D eigenvalue weighted by Gasteiger charge is -2.32. The highest BCUT2D eigenvalue weighted by Gasteiger charge is 2.32. The van der Waals surface area contributed by atoms with E-state index in [1.165, 1.54) is 24.1 Å². The molecule has 0 unspecified atom stereocenters. The van der Waals surface area contributed by atoms with E-state index in [4.69, 9.17) is 9.47 Å². The van der Waals surface area contributed by atoms with E-state index >= 15 is 0 Å². The van der Waals surface area contributed by atoms with Gasteiger partial charge in [0.2, 0.25) is 11.8 Å². The van der Waals surface area contributed by atoms with Crippen LogP contribution < -0.4 is 19.1 Å². The fraction of sp³-hybridized carbons (Fsp3) is 0.355. The quantitative estimate of drug-likeness (QED) is 0.318. The first-order valence-electron chi connectivity index (χ1n) is 13.5. The molecule has 0 aliphatic rings. The highest BCUT2D eigenvalue weighted by Crippen LogP contribution is 2.26. The van der Waals surface area contributed by atoms with Crippen LogP contribution in [-0.4, -0.2) is 58.0 Å². The molecule has 0 aromatic heterocycles. The number of ether oxygens (including phenoxy) is 2. The number of hydrogen-bond donors (Lipinski definition) is 1. The molecule has 2 atom stereocenters. The number of methoxy groups -OCH3 is 2. The zero-order valence-corrected chi connectivity index (χ0v) is 25.3. The minimum absolute atomic E-state index is 0.0101. The van der Waals surface area contributed by atoms with Gasteiger partial charge >= 0.3 is 0 Å². The topological polar surface area (TPSA) is 105 Å². The van der Waals surface area contributed by atoms with Gasteiger partial charge in [-0.3, -0.25) is 13.9 Å². The van der Waals surface area contributed by atoms with Crippen molar-refractivity contribution in [3.05, 3.63) is 83.9 Å². The van der Waals surface area contributed by atoms with Crippen molar-refractivity contribution in [2.75, 3.05) is 25.1 Å². The predicted molar refractivity (Wildman–Crippen MR) is 160 cm³/mol. The van der Waals surface area contributed by atoms with E-state index in [1.54, 1.807) is 62.6 Å². The maximum Gasteiger partial charge on any atom is 0.264 e. The second-order valence-corrected chi connectivity index (χ2v) is 11.7. The molecule has 0 radical (unpaired) electrons. The third-order valence-corrected chi connectivity index (χ3v) is 8.72. The Labute approximate surface area is 243 Å². The number of carbonyl (C=O) groups is 2. The summed E-state index contributed by atoms with van der Waals surface area (Å²) >= 11 is 0. The Bertz CT molecular complexity index is 1410. The largest absolute Gasteiger partial charge is 0.497 e. The second kappa shape index (κ2) is 14.0. The summed E-state index contributed by atoms with van der Waals surface area (Å²) in [5.74, 6) is 0.324. The molecule has 0 spiro atoms. The van der Waals surface area contributed by atoms with E-state index in [0.29, 0.717) is 17.2 Å². The summed E-state index contributed by atoms with van der Waals surface area (Å²) in [5, 5.41) is 2.93. The Morgan fingerprint density at radius 1 is 0.854 bits per heavy atom. The van der Waals surface area contributed by atoms with Gasteiger partial charge in [-0.25, -0.2) is 8.42 Å². The Balaban J connectivity index is 2.01. The Hall–Kier alpha value is -4.05. The van der Waals surface area contributed by atoms with Crippen LogP contribution >= 0.6 is 0 Å². The number of benzene rings is 3. The summed E-state index contributed by atoms with van der Waals surface area (Å²) in [5.41, 5.74) is 2.04. The smallest absolute Gasteiger partial charge is 0.264 e. The van der Waals surface area contributed by atoms with Gasteiger partial charge in [0, 0.05) is 12.6 Å². The van der Waals surface area contributed by atoms with Crippen molar-refractivity contribution in [2.24, 2.45) is 0 Å². The van der Waals surface area contributed by atoms with Crippen LogP contribution in [0.5, 0.6) is 11.5 Å². The van der Waals surface area contributed by atoms with Crippen LogP contribution in [0.2, 0.25) is 0 Å². The van der Waals surface area contributed by atoms with Crippen molar-refractivity contribution in [2.45, 2.75) is 57.6 Å². The van der Waals surface area contributed by atoms with Gasteiger partial charge in [-0.05, 0) is 81.3 Å². The molecule has 10 heteroatoms. The highest BCUT2D eigenvalue weighted by molar-refractivity contribution is 7.92. The molecule has 9 nitrogen and oxygen atoms in total. The van der Waals surface area contributed by atoms with Gasteiger partial charge in [0.05, 0.1) is 24.8 Å². The normalized spacial score (nSPS) is 12.6. The maximum absolute atomic E-state index is 14.0. The number of anilines is 1. The number of nitrogens with one attached hydrogen (secondary N) is 1. The fourth-order valence-corrected chi connectivity index (χ4v) is 5.50. The molecule has 0 heterocycles. The lowest BCUT2D eigenvalue weighted by atomic mass is 10.1. The summed E-state index contributed by atoms with van der Waals surface area (Å²) in [6.45, 7) is 6.98. The molecule has 2 amide bonds. The van der Waals surface area contributed by atoms with Gasteiger partial charge in [0.15, 0.2) is 0 Å². The molecule has 0 fully saturated rings. The van der Waals surface area contributed by atoms with Crippen molar-refractivity contribution in [1.29, 1.82) is 0 Å². The molecule has 0 aliphatic heterocycles. The van der Waals surface area contributed by atoms with Gasteiger partial charge < -0.3 is 19.7 Å². The van der Waals surface area contributed by atoms with Crippen LogP contribution in [0, 0.1) is 6.92 Å². The first kappa shape index (κ1) is 31.5. The molecule has 0 saturated carbocycles. The van der Waals surface area contributed by atoms with Crippen LogP contribution in [0.15, 0.2) is 77.7 Å². The zero-order chi connectivity index (χ0) is 30.2. The van der Waals surface area contributed by atoms with E-state index in [0.717, 1.165) is 21.9 Å². The minimum Gasteiger partial charge on any atom is -0.497 e. The second-order valence-electron chi connectivity index (χ2n) is 9.89. The number of hydrogen-bond acceptors (Lipinski definition) is 6. The van der Waals surface area contributed by atoms with Gasteiger partial charge in [0.25, 0.3) is 10.0 Å². The van der Waals surface area contributed by atoms with Crippen molar-refractivity contribution >= 4 is 27.5 Å². The van der Waals surface area contributed by atoms with E-state index in [2.05, 4.69) is 5.32 Å².